The molecular weight excluding hydrogens is 507 g/mol. The average Bonchev–Trinajstić information content (AvgIpc) is 2.72. The van der Waals surface area contributed by atoms with Gasteiger partial charge in [-0.15, -0.1) is 0 Å². The summed E-state index contributed by atoms with van der Waals surface area (Å²) in [6.45, 7) is 0. The molecule has 1 rings (SSSR count). The van der Waals surface area contributed by atoms with E-state index in [1.54, 1.807) is 12.1 Å². The molecule has 188 valence electrons. The zero-order valence-corrected chi connectivity index (χ0v) is 18.7. The van der Waals surface area contributed by atoms with Gasteiger partial charge in [0, 0.05) is 12.8 Å². The molecule has 0 unspecified atom stereocenters. The van der Waals surface area contributed by atoms with Crippen LogP contribution in [0.4, 0.5) is 26.3 Å². The van der Waals surface area contributed by atoms with Crippen molar-refractivity contribution in [1.82, 2.24) is 0 Å². The van der Waals surface area contributed by atoms with Crippen molar-refractivity contribution in [2.75, 3.05) is 0 Å². The van der Waals surface area contributed by atoms with Crippen LogP contribution in [0.1, 0.15) is 42.4 Å². The molecule has 0 aliphatic carbocycles. The third-order valence-electron chi connectivity index (χ3n) is 4.57. The van der Waals surface area contributed by atoms with Gasteiger partial charge in [-0.2, -0.15) is 34.8 Å². The van der Waals surface area contributed by atoms with Crippen LogP contribution in [-0.4, -0.2) is 65.7 Å². The Kier molecular flexibility index (Phi) is 10.3. The first-order valence-corrected chi connectivity index (χ1v) is 11.2. The maximum Gasteiger partial charge on any atom is 0.456 e. The van der Waals surface area contributed by atoms with E-state index in [4.69, 9.17) is 32.8 Å². The minimum Gasteiger partial charge on any atom is -0.426 e. The topological polar surface area (TPSA) is 107 Å². The van der Waals surface area contributed by atoms with Crippen molar-refractivity contribution in [2.45, 2.75) is 61.9 Å². The number of carbonyl (C=O) groups excluding carboxylic acids is 2. The van der Waals surface area contributed by atoms with Gasteiger partial charge in [-0.3, -0.25) is 14.1 Å². The molecule has 0 atom stereocenters. The van der Waals surface area contributed by atoms with E-state index in [0.717, 1.165) is 0 Å². The molecule has 0 aliphatic rings. The molecule has 6 radical (unpaired) electrons. The number of unbranched alkanes of at least 4 members (excludes halogenated alkanes) is 1. The van der Waals surface area contributed by atoms with Crippen LogP contribution in [0.25, 0.3) is 0 Å². The number of benzene rings is 1. The summed E-state index contributed by atoms with van der Waals surface area (Å²) in [7, 11) is 9.79. The third-order valence-corrected chi connectivity index (χ3v) is 5.85. The molecule has 7 nitrogen and oxygen atoms in total. The number of alkyl halides is 6. The lowest BCUT2D eigenvalue weighted by molar-refractivity contribution is -0.335. The molecule has 1 aromatic rings. The van der Waals surface area contributed by atoms with Crippen LogP contribution in [0.5, 0.6) is 5.75 Å². The maximum atomic E-state index is 13.0. The molecule has 0 bridgehead atoms. The number of carbonyl (C=O) groups is 2. The first-order chi connectivity index (χ1) is 15.9. The fourth-order valence-electron chi connectivity index (χ4n) is 2.92. The van der Waals surface area contributed by atoms with Gasteiger partial charge in [-0.1, -0.05) is 36.7 Å². The Morgan fingerprint density at radius 1 is 0.829 bits per heavy atom. The molecule has 0 saturated carbocycles. The van der Waals surface area contributed by atoms with E-state index in [1.807, 2.05) is 0 Å². The molecular formula is C18H17B3F6O7S. The molecule has 0 heterocycles. The Balaban J connectivity index is 2.83. The minimum atomic E-state index is -7.03. The van der Waals surface area contributed by atoms with Gasteiger partial charge in [0.15, 0.2) is 0 Å². The van der Waals surface area contributed by atoms with E-state index in [-0.39, 0.29) is 31.1 Å². The zero-order valence-electron chi connectivity index (χ0n) is 17.9. The standard InChI is InChI=1S/C18H17B3F6O7S/c19-7-10-5-11(8-20)15(12(6-10)9-21)33-13(28)3-1-2-4-14(29)34-16(17(22,23)24,18(25,26)27)35(30,31)32/h5-6H,1-4,7-9H2,(H,30,31,32). The normalized spacial score (nSPS) is 12.9. The highest BCUT2D eigenvalue weighted by Crippen LogP contribution is 2.49. The monoisotopic (exact) mass is 524 g/mol. The summed E-state index contributed by atoms with van der Waals surface area (Å²) in [5, 5.41) is 0. The van der Waals surface area contributed by atoms with Crippen molar-refractivity contribution in [1.29, 1.82) is 0 Å². The van der Waals surface area contributed by atoms with E-state index in [0.29, 0.717) is 16.7 Å². The number of hydrogen-bond donors (Lipinski definition) is 1. The second kappa shape index (κ2) is 11.7. The fourth-order valence-corrected chi connectivity index (χ4v) is 3.70. The lowest BCUT2D eigenvalue weighted by atomic mass is 9.85. The zero-order chi connectivity index (χ0) is 27.2. The molecule has 0 aromatic heterocycles. The van der Waals surface area contributed by atoms with Crippen LogP contribution in [0.15, 0.2) is 12.1 Å². The summed E-state index contributed by atoms with van der Waals surface area (Å²) >= 11 is 0. The lowest BCUT2D eigenvalue weighted by Gasteiger charge is -2.33. The number of rotatable bonds is 11. The summed E-state index contributed by atoms with van der Waals surface area (Å²) in [6.07, 6.45) is -15.7. The van der Waals surface area contributed by atoms with E-state index < -0.39 is 58.6 Å². The predicted molar refractivity (Wildman–Crippen MR) is 111 cm³/mol. The largest absolute Gasteiger partial charge is 0.456 e. The van der Waals surface area contributed by atoms with E-state index >= 15 is 0 Å². The first-order valence-electron chi connectivity index (χ1n) is 9.73. The quantitative estimate of drug-likeness (QED) is 0.119. The van der Waals surface area contributed by atoms with Crippen LogP contribution >= 0.6 is 0 Å². The summed E-state index contributed by atoms with van der Waals surface area (Å²) in [5.41, 5.74) is 1.49. The summed E-state index contributed by atoms with van der Waals surface area (Å²) in [5.74, 6) is -3.02. The molecule has 0 saturated heterocycles. The fraction of sp³-hybridized carbons (Fsp3) is 0.556. The third kappa shape index (κ3) is 7.18. The van der Waals surface area contributed by atoms with Crippen LogP contribution in [0.2, 0.25) is 0 Å². The number of ether oxygens (including phenoxy) is 2. The molecule has 0 fully saturated rings. The van der Waals surface area contributed by atoms with Crippen LogP contribution < -0.4 is 4.74 Å². The van der Waals surface area contributed by atoms with E-state index in [2.05, 4.69) is 4.74 Å². The summed E-state index contributed by atoms with van der Waals surface area (Å²) < 4.78 is 117. The van der Waals surface area contributed by atoms with Crippen molar-refractivity contribution in [3.05, 3.63) is 28.8 Å². The van der Waals surface area contributed by atoms with Gasteiger partial charge >= 0.3 is 39.3 Å². The number of esters is 2. The Morgan fingerprint density at radius 2 is 1.26 bits per heavy atom. The van der Waals surface area contributed by atoms with Gasteiger partial charge in [0.05, 0.1) is 23.5 Å². The number of halogens is 6. The average molecular weight is 524 g/mol. The second-order valence-corrected chi connectivity index (χ2v) is 8.62. The Bertz CT molecular complexity index is 989. The molecule has 35 heavy (non-hydrogen) atoms. The van der Waals surface area contributed by atoms with Crippen molar-refractivity contribution < 1.29 is 58.4 Å². The van der Waals surface area contributed by atoms with Gasteiger partial charge in [0.1, 0.15) is 5.75 Å². The minimum absolute atomic E-state index is 0.0385. The molecule has 1 N–H and O–H groups in total. The molecule has 0 aliphatic heterocycles. The predicted octanol–water partition coefficient (Wildman–Crippen LogP) is 2.41. The highest BCUT2D eigenvalue weighted by atomic mass is 32.2. The van der Waals surface area contributed by atoms with Gasteiger partial charge in [-0.05, 0) is 24.0 Å². The lowest BCUT2D eigenvalue weighted by Crippen LogP contribution is -2.64. The summed E-state index contributed by atoms with van der Waals surface area (Å²) in [6, 6.07) is 3.17. The maximum absolute atomic E-state index is 13.0. The van der Waals surface area contributed by atoms with Crippen LogP contribution in [-0.2, 0) is 43.4 Å². The Labute approximate surface area is 200 Å². The highest BCUT2D eigenvalue weighted by Gasteiger charge is 2.82. The smallest absolute Gasteiger partial charge is 0.426 e. The Morgan fingerprint density at radius 3 is 1.60 bits per heavy atom. The highest BCUT2D eigenvalue weighted by molar-refractivity contribution is 7.87. The van der Waals surface area contributed by atoms with Gasteiger partial charge in [0.25, 0.3) is 0 Å². The van der Waals surface area contributed by atoms with Crippen LogP contribution in [0, 0.1) is 0 Å². The Hall–Kier alpha value is -2.16. The van der Waals surface area contributed by atoms with Crippen molar-refractivity contribution in [3.63, 3.8) is 0 Å². The van der Waals surface area contributed by atoms with Crippen molar-refractivity contribution >= 4 is 45.6 Å². The van der Waals surface area contributed by atoms with Crippen molar-refractivity contribution in [2.24, 2.45) is 0 Å². The van der Waals surface area contributed by atoms with E-state index in [9.17, 15) is 44.3 Å². The second-order valence-electron chi connectivity index (χ2n) is 7.10. The number of hydrogen-bond acceptors (Lipinski definition) is 6. The van der Waals surface area contributed by atoms with Gasteiger partial charge in [-0.25, -0.2) is 0 Å². The summed E-state index contributed by atoms with van der Waals surface area (Å²) in [4.78, 5) is 17.6. The van der Waals surface area contributed by atoms with Gasteiger partial charge in [0.2, 0.25) is 0 Å². The molecule has 17 heteroatoms. The molecule has 0 spiro atoms. The van der Waals surface area contributed by atoms with Crippen LogP contribution in [0.3, 0.4) is 0 Å². The van der Waals surface area contributed by atoms with Crippen molar-refractivity contribution in [3.8, 4) is 5.75 Å². The molecule has 1 aromatic carbocycles. The molecule has 0 amide bonds. The SMILES string of the molecule is [B]Cc1cc(C[B])c(OC(=O)CCCCC(=O)OC(C(F)(F)F)(C(F)(F)F)S(=O)(=O)O)c(C[B])c1. The first kappa shape index (κ1) is 30.9. The van der Waals surface area contributed by atoms with E-state index in [1.165, 1.54) is 0 Å². The van der Waals surface area contributed by atoms with Gasteiger partial charge < -0.3 is 9.47 Å².